The van der Waals surface area contributed by atoms with E-state index >= 15 is 0 Å². The zero-order valence-electron chi connectivity index (χ0n) is 15.3. The summed E-state index contributed by atoms with van der Waals surface area (Å²) in [5.41, 5.74) is -0.604. The van der Waals surface area contributed by atoms with Crippen LogP contribution in [0.4, 0.5) is 0 Å². The van der Waals surface area contributed by atoms with Gasteiger partial charge >= 0.3 is 5.97 Å². The quantitative estimate of drug-likeness (QED) is 0.613. The van der Waals surface area contributed by atoms with Crippen LogP contribution >= 0.6 is 0 Å². The summed E-state index contributed by atoms with van der Waals surface area (Å²) in [6, 6.07) is 7.47. The number of esters is 1. The lowest BCUT2D eigenvalue weighted by Gasteiger charge is -2.43. The molecule has 2 aromatic rings. The van der Waals surface area contributed by atoms with E-state index in [9.17, 15) is 14.4 Å². The van der Waals surface area contributed by atoms with E-state index in [0.29, 0.717) is 12.0 Å². The van der Waals surface area contributed by atoms with Crippen molar-refractivity contribution in [2.24, 2.45) is 10.8 Å². The van der Waals surface area contributed by atoms with Gasteiger partial charge in [0.1, 0.15) is 11.5 Å². The number of carbonyl (C=O) groups excluding carboxylic acids is 3. The number of hydrogen-bond acceptors (Lipinski definition) is 4. The molecule has 5 heteroatoms. The third kappa shape index (κ3) is 2.41. The van der Waals surface area contributed by atoms with E-state index in [0.717, 1.165) is 10.9 Å². The highest BCUT2D eigenvalue weighted by Gasteiger charge is 2.56. The van der Waals surface area contributed by atoms with Gasteiger partial charge in [-0.15, -0.1) is 0 Å². The Hall–Kier alpha value is -2.43. The van der Waals surface area contributed by atoms with Crippen LogP contribution in [-0.2, 0) is 14.3 Å². The SMILES string of the molecule is CCC(=O)n1cc([C@@H]2OC(=O)C(C)(C)C(=O)C2(C)C)c2ccccc21. The van der Waals surface area contributed by atoms with E-state index in [2.05, 4.69) is 0 Å². The Balaban J connectivity index is 2.21. The summed E-state index contributed by atoms with van der Waals surface area (Å²) in [5, 5.41) is 0.822. The molecule has 0 aliphatic carbocycles. The molecule has 1 aliphatic heterocycles. The number of benzene rings is 1. The lowest BCUT2D eigenvalue weighted by molar-refractivity contribution is -0.186. The molecule has 1 atom stereocenters. The van der Waals surface area contributed by atoms with E-state index in [-0.39, 0.29) is 11.7 Å². The number of rotatable bonds is 2. The lowest BCUT2D eigenvalue weighted by atomic mass is 9.67. The number of ketones is 1. The van der Waals surface area contributed by atoms with Gasteiger partial charge in [-0.3, -0.25) is 19.0 Å². The monoisotopic (exact) mass is 341 g/mol. The van der Waals surface area contributed by atoms with Crippen LogP contribution in [0.3, 0.4) is 0 Å². The number of ether oxygens (including phenoxy) is 1. The van der Waals surface area contributed by atoms with Crippen LogP contribution < -0.4 is 0 Å². The molecule has 2 heterocycles. The van der Waals surface area contributed by atoms with Crippen molar-refractivity contribution in [2.75, 3.05) is 0 Å². The highest BCUT2D eigenvalue weighted by atomic mass is 16.5. The molecule has 0 radical (unpaired) electrons. The zero-order valence-corrected chi connectivity index (χ0v) is 15.3. The van der Waals surface area contributed by atoms with Gasteiger partial charge in [0, 0.05) is 23.6 Å². The van der Waals surface area contributed by atoms with Crippen molar-refractivity contribution in [2.45, 2.75) is 47.1 Å². The fourth-order valence-corrected chi connectivity index (χ4v) is 3.66. The van der Waals surface area contributed by atoms with Crippen LogP contribution in [0.2, 0.25) is 0 Å². The number of cyclic esters (lactones) is 1. The first kappa shape index (κ1) is 17.4. The van der Waals surface area contributed by atoms with E-state index in [1.165, 1.54) is 0 Å². The van der Waals surface area contributed by atoms with Gasteiger partial charge in [0.25, 0.3) is 0 Å². The number of fused-ring (bicyclic) bond motifs is 1. The molecule has 5 nitrogen and oxygen atoms in total. The smallest absolute Gasteiger partial charge is 0.319 e. The number of carbonyl (C=O) groups is 3. The van der Waals surface area contributed by atoms with Gasteiger partial charge in [-0.1, -0.05) is 25.1 Å². The number of aromatic nitrogens is 1. The van der Waals surface area contributed by atoms with E-state index in [1.54, 1.807) is 45.4 Å². The van der Waals surface area contributed by atoms with Crippen molar-refractivity contribution in [1.82, 2.24) is 4.57 Å². The van der Waals surface area contributed by atoms with Crippen molar-refractivity contribution in [3.8, 4) is 0 Å². The first-order valence-corrected chi connectivity index (χ1v) is 8.51. The summed E-state index contributed by atoms with van der Waals surface area (Å²) < 4.78 is 7.31. The molecule has 1 fully saturated rings. The van der Waals surface area contributed by atoms with Crippen LogP contribution in [-0.4, -0.2) is 22.2 Å². The van der Waals surface area contributed by atoms with Crippen molar-refractivity contribution >= 4 is 28.6 Å². The van der Waals surface area contributed by atoms with Gasteiger partial charge in [-0.2, -0.15) is 0 Å². The van der Waals surface area contributed by atoms with Crippen LogP contribution in [0, 0.1) is 10.8 Å². The fourth-order valence-electron chi connectivity index (χ4n) is 3.66. The molecule has 0 spiro atoms. The predicted molar refractivity (Wildman–Crippen MR) is 94.3 cm³/mol. The largest absolute Gasteiger partial charge is 0.456 e. The molecule has 0 saturated carbocycles. The number of para-hydroxylation sites is 1. The van der Waals surface area contributed by atoms with Gasteiger partial charge in [0.15, 0.2) is 5.78 Å². The minimum atomic E-state index is -1.17. The Kier molecular flexibility index (Phi) is 3.86. The molecule has 132 valence electrons. The maximum atomic E-state index is 12.9. The van der Waals surface area contributed by atoms with Gasteiger partial charge in [0.05, 0.1) is 10.9 Å². The van der Waals surface area contributed by atoms with E-state index < -0.39 is 22.9 Å². The standard InChI is InChI=1S/C20H23NO4/c1-6-15(22)21-11-13(12-9-7-8-10-14(12)21)16-19(2,3)17(23)20(4,5)18(24)25-16/h7-11,16H,6H2,1-5H3/t16-/m0/s1. The van der Waals surface area contributed by atoms with Crippen LogP contribution in [0.1, 0.15) is 57.5 Å². The van der Waals surface area contributed by atoms with Crippen molar-refractivity contribution in [1.29, 1.82) is 0 Å². The molecule has 0 N–H and O–H groups in total. The van der Waals surface area contributed by atoms with Crippen LogP contribution in [0.5, 0.6) is 0 Å². The molecular weight excluding hydrogens is 318 g/mol. The minimum Gasteiger partial charge on any atom is -0.456 e. The Labute approximate surface area is 147 Å². The van der Waals surface area contributed by atoms with Crippen molar-refractivity contribution < 1.29 is 19.1 Å². The van der Waals surface area contributed by atoms with Gasteiger partial charge in [-0.25, -0.2) is 0 Å². The lowest BCUT2D eigenvalue weighted by Crippen LogP contribution is -2.52. The second kappa shape index (κ2) is 5.55. The first-order chi connectivity index (χ1) is 11.6. The summed E-state index contributed by atoms with van der Waals surface area (Å²) in [6.07, 6.45) is 1.34. The molecule has 0 bridgehead atoms. The maximum Gasteiger partial charge on any atom is 0.319 e. The van der Waals surface area contributed by atoms with E-state index in [1.807, 2.05) is 24.3 Å². The third-order valence-corrected chi connectivity index (χ3v) is 5.14. The topological polar surface area (TPSA) is 65.4 Å². The maximum absolute atomic E-state index is 12.9. The predicted octanol–water partition coefficient (Wildman–Crippen LogP) is 3.91. The average Bonchev–Trinajstić information content (AvgIpc) is 2.96. The molecule has 0 amide bonds. The summed E-state index contributed by atoms with van der Waals surface area (Å²) >= 11 is 0. The molecular formula is C20H23NO4. The highest BCUT2D eigenvalue weighted by Crippen LogP contribution is 2.49. The second-order valence-electron chi connectivity index (χ2n) is 7.68. The van der Waals surface area contributed by atoms with Gasteiger partial charge in [-0.05, 0) is 33.8 Å². The molecule has 25 heavy (non-hydrogen) atoms. The van der Waals surface area contributed by atoms with Crippen LogP contribution in [0.25, 0.3) is 10.9 Å². The Bertz CT molecular complexity index is 888. The minimum absolute atomic E-state index is 0.0472. The molecule has 3 rings (SSSR count). The normalized spacial score (nSPS) is 22.0. The number of Topliss-reactive ketones (excluding diaryl/α,β-unsaturated/α-hetero) is 1. The Morgan fingerprint density at radius 3 is 2.44 bits per heavy atom. The summed E-state index contributed by atoms with van der Waals surface area (Å²) in [7, 11) is 0. The zero-order chi connectivity index (χ0) is 18.6. The molecule has 1 aromatic carbocycles. The fraction of sp³-hybridized carbons (Fsp3) is 0.450. The number of nitrogens with zero attached hydrogens (tertiary/aromatic N) is 1. The summed E-state index contributed by atoms with van der Waals surface area (Å²) in [4.78, 5) is 37.6. The highest BCUT2D eigenvalue weighted by molar-refractivity contribution is 6.08. The van der Waals surface area contributed by atoms with Crippen molar-refractivity contribution in [3.63, 3.8) is 0 Å². The van der Waals surface area contributed by atoms with E-state index in [4.69, 9.17) is 4.74 Å². The average molecular weight is 341 g/mol. The Morgan fingerprint density at radius 1 is 1.16 bits per heavy atom. The molecule has 1 aromatic heterocycles. The summed E-state index contributed by atoms with van der Waals surface area (Å²) in [6.45, 7) is 8.58. The first-order valence-electron chi connectivity index (χ1n) is 8.51. The molecule has 1 aliphatic rings. The van der Waals surface area contributed by atoms with Crippen molar-refractivity contribution in [3.05, 3.63) is 36.0 Å². The van der Waals surface area contributed by atoms with Crippen LogP contribution in [0.15, 0.2) is 30.5 Å². The van der Waals surface area contributed by atoms with Gasteiger partial charge < -0.3 is 4.74 Å². The summed E-state index contributed by atoms with van der Waals surface area (Å²) in [5.74, 6) is -0.727. The third-order valence-electron chi connectivity index (χ3n) is 5.14. The molecule has 1 saturated heterocycles. The van der Waals surface area contributed by atoms with Gasteiger partial charge in [0.2, 0.25) is 5.91 Å². The Morgan fingerprint density at radius 2 is 1.80 bits per heavy atom. The molecule has 0 unspecified atom stereocenters. The number of hydrogen-bond donors (Lipinski definition) is 0. The second-order valence-corrected chi connectivity index (χ2v) is 7.68.